The van der Waals surface area contributed by atoms with Crippen molar-refractivity contribution >= 4 is 17.6 Å². The van der Waals surface area contributed by atoms with Gasteiger partial charge < -0.3 is 22.1 Å². The molecule has 0 aromatic heterocycles. The van der Waals surface area contributed by atoms with Crippen LogP contribution in [0.2, 0.25) is 0 Å². The number of primary amides is 1. The summed E-state index contributed by atoms with van der Waals surface area (Å²) in [7, 11) is 0. The standard InChI is InChI=1S/C11H14N4O2/c12-6-3-7-14-11(17)15-9-5-2-1-4-8(9)10(13)16/h1-6H,7,12H2,(H2,13,16)(H2,14,15,17). The van der Waals surface area contributed by atoms with E-state index in [0.717, 1.165) is 0 Å². The Balaban J connectivity index is 2.68. The molecular weight excluding hydrogens is 220 g/mol. The molecule has 90 valence electrons. The lowest BCUT2D eigenvalue weighted by molar-refractivity contribution is 0.100. The summed E-state index contributed by atoms with van der Waals surface area (Å²) in [6.45, 7) is 0.307. The third kappa shape index (κ3) is 3.86. The van der Waals surface area contributed by atoms with Crippen molar-refractivity contribution in [2.24, 2.45) is 11.5 Å². The fourth-order valence-corrected chi connectivity index (χ4v) is 1.19. The summed E-state index contributed by atoms with van der Waals surface area (Å²) in [6, 6.07) is 6.06. The Morgan fingerprint density at radius 3 is 2.65 bits per heavy atom. The number of carbonyl (C=O) groups is 2. The number of amides is 3. The zero-order valence-corrected chi connectivity index (χ0v) is 9.14. The average molecular weight is 234 g/mol. The van der Waals surface area contributed by atoms with Crippen LogP contribution in [0, 0.1) is 0 Å². The molecule has 0 aliphatic heterocycles. The quantitative estimate of drug-likeness (QED) is 0.604. The second kappa shape index (κ2) is 6.16. The third-order valence-electron chi connectivity index (χ3n) is 1.96. The Kier molecular flexibility index (Phi) is 4.56. The molecular formula is C11H14N4O2. The fraction of sp³-hybridized carbons (Fsp3) is 0.0909. The smallest absolute Gasteiger partial charge is 0.319 e. The molecule has 0 bridgehead atoms. The van der Waals surface area contributed by atoms with Gasteiger partial charge >= 0.3 is 6.03 Å². The molecule has 0 radical (unpaired) electrons. The van der Waals surface area contributed by atoms with E-state index in [4.69, 9.17) is 11.5 Å². The lowest BCUT2D eigenvalue weighted by Gasteiger charge is -2.08. The van der Waals surface area contributed by atoms with Crippen LogP contribution < -0.4 is 22.1 Å². The van der Waals surface area contributed by atoms with Crippen molar-refractivity contribution < 1.29 is 9.59 Å². The Morgan fingerprint density at radius 1 is 1.29 bits per heavy atom. The molecule has 0 spiro atoms. The van der Waals surface area contributed by atoms with Gasteiger partial charge in [0, 0.05) is 6.54 Å². The number of nitrogens with two attached hydrogens (primary N) is 2. The lowest BCUT2D eigenvalue weighted by Crippen LogP contribution is -2.30. The average Bonchev–Trinajstić information content (AvgIpc) is 2.29. The van der Waals surface area contributed by atoms with Gasteiger partial charge in [-0.1, -0.05) is 12.1 Å². The maximum Gasteiger partial charge on any atom is 0.319 e. The predicted octanol–water partition coefficient (Wildman–Crippen LogP) is 0.379. The first-order valence-electron chi connectivity index (χ1n) is 4.95. The second-order valence-corrected chi connectivity index (χ2v) is 3.17. The highest BCUT2D eigenvalue weighted by molar-refractivity contribution is 6.02. The summed E-state index contributed by atoms with van der Waals surface area (Å²) >= 11 is 0. The van der Waals surface area contributed by atoms with Crippen LogP contribution in [0.25, 0.3) is 0 Å². The van der Waals surface area contributed by atoms with E-state index >= 15 is 0 Å². The van der Waals surface area contributed by atoms with E-state index < -0.39 is 11.9 Å². The Morgan fingerprint density at radius 2 is 2.00 bits per heavy atom. The van der Waals surface area contributed by atoms with Crippen molar-refractivity contribution in [2.45, 2.75) is 0 Å². The van der Waals surface area contributed by atoms with Gasteiger partial charge in [0.15, 0.2) is 0 Å². The van der Waals surface area contributed by atoms with Gasteiger partial charge in [0.1, 0.15) is 0 Å². The number of para-hydroxylation sites is 1. The number of rotatable bonds is 4. The number of hydrogen-bond acceptors (Lipinski definition) is 3. The first-order valence-corrected chi connectivity index (χ1v) is 4.95. The molecule has 3 amide bonds. The van der Waals surface area contributed by atoms with Gasteiger partial charge in [-0.25, -0.2) is 4.79 Å². The van der Waals surface area contributed by atoms with Crippen molar-refractivity contribution in [2.75, 3.05) is 11.9 Å². The van der Waals surface area contributed by atoms with Crippen LogP contribution in [0.4, 0.5) is 10.5 Å². The Hall–Kier alpha value is -2.50. The number of hydrogen-bond donors (Lipinski definition) is 4. The Labute approximate surface area is 98.7 Å². The van der Waals surface area contributed by atoms with Crippen molar-refractivity contribution in [3.05, 3.63) is 42.1 Å². The molecule has 17 heavy (non-hydrogen) atoms. The first-order chi connectivity index (χ1) is 8.15. The van der Waals surface area contributed by atoms with Crippen LogP contribution >= 0.6 is 0 Å². The van der Waals surface area contributed by atoms with Crippen LogP contribution in [0.15, 0.2) is 36.5 Å². The molecule has 6 heteroatoms. The highest BCUT2D eigenvalue weighted by atomic mass is 16.2. The summed E-state index contributed by atoms with van der Waals surface area (Å²) in [6.07, 6.45) is 2.91. The highest BCUT2D eigenvalue weighted by Gasteiger charge is 2.08. The zero-order chi connectivity index (χ0) is 12.7. The van der Waals surface area contributed by atoms with Crippen LogP contribution in [0.5, 0.6) is 0 Å². The molecule has 0 saturated carbocycles. The summed E-state index contributed by atoms with van der Waals surface area (Å²) in [5.74, 6) is -0.595. The Bertz CT molecular complexity index is 443. The van der Waals surface area contributed by atoms with Crippen molar-refractivity contribution in [1.29, 1.82) is 0 Å². The van der Waals surface area contributed by atoms with Gasteiger partial charge in [0.05, 0.1) is 11.3 Å². The maximum atomic E-state index is 11.4. The summed E-state index contributed by atoms with van der Waals surface area (Å²) in [5, 5.41) is 5.05. The second-order valence-electron chi connectivity index (χ2n) is 3.17. The minimum absolute atomic E-state index is 0.261. The summed E-state index contributed by atoms with van der Waals surface area (Å²) in [4.78, 5) is 22.5. The summed E-state index contributed by atoms with van der Waals surface area (Å²) < 4.78 is 0. The van der Waals surface area contributed by atoms with Gasteiger partial charge in [-0.05, 0) is 24.4 Å². The molecule has 1 rings (SSSR count). The molecule has 0 aliphatic carbocycles. The predicted molar refractivity (Wildman–Crippen MR) is 65.3 cm³/mol. The number of urea groups is 1. The maximum absolute atomic E-state index is 11.4. The van der Waals surface area contributed by atoms with E-state index in [0.29, 0.717) is 12.2 Å². The van der Waals surface area contributed by atoms with Gasteiger partial charge in [-0.15, -0.1) is 0 Å². The van der Waals surface area contributed by atoms with Gasteiger partial charge in [-0.3, -0.25) is 4.79 Å². The molecule has 0 unspecified atom stereocenters. The van der Waals surface area contributed by atoms with E-state index in [1.807, 2.05) is 0 Å². The van der Waals surface area contributed by atoms with E-state index in [9.17, 15) is 9.59 Å². The molecule has 0 saturated heterocycles. The van der Waals surface area contributed by atoms with Crippen LogP contribution in [0.3, 0.4) is 0 Å². The van der Waals surface area contributed by atoms with Crippen LogP contribution in [-0.2, 0) is 0 Å². The van der Waals surface area contributed by atoms with E-state index in [2.05, 4.69) is 10.6 Å². The van der Waals surface area contributed by atoms with Crippen molar-refractivity contribution in [1.82, 2.24) is 5.32 Å². The van der Waals surface area contributed by atoms with Gasteiger partial charge in [0.25, 0.3) is 5.91 Å². The summed E-state index contributed by atoms with van der Waals surface area (Å²) in [5.41, 5.74) is 10.9. The van der Waals surface area contributed by atoms with E-state index in [1.165, 1.54) is 12.3 Å². The van der Waals surface area contributed by atoms with Crippen LogP contribution in [-0.4, -0.2) is 18.5 Å². The van der Waals surface area contributed by atoms with Crippen molar-refractivity contribution in [3.63, 3.8) is 0 Å². The lowest BCUT2D eigenvalue weighted by atomic mass is 10.1. The molecule has 0 heterocycles. The highest BCUT2D eigenvalue weighted by Crippen LogP contribution is 2.13. The molecule has 0 atom stereocenters. The number of nitrogens with one attached hydrogen (secondary N) is 2. The van der Waals surface area contributed by atoms with Crippen molar-refractivity contribution in [3.8, 4) is 0 Å². The molecule has 6 nitrogen and oxygen atoms in total. The number of anilines is 1. The molecule has 1 aromatic carbocycles. The topological polar surface area (TPSA) is 110 Å². The monoisotopic (exact) mass is 234 g/mol. The van der Waals surface area contributed by atoms with E-state index in [1.54, 1.807) is 24.3 Å². The zero-order valence-electron chi connectivity index (χ0n) is 9.14. The largest absolute Gasteiger partial charge is 0.405 e. The molecule has 1 aromatic rings. The molecule has 0 fully saturated rings. The fourth-order valence-electron chi connectivity index (χ4n) is 1.19. The van der Waals surface area contributed by atoms with E-state index in [-0.39, 0.29) is 5.56 Å². The number of benzene rings is 1. The minimum Gasteiger partial charge on any atom is -0.405 e. The first kappa shape index (κ1) is 12.6. The van der Waals surface area contributed by atoms with Gasteiger partial charge in [0.2, 0.25) is 0 Å². The van der Waals surface area contributed by atoms with Gasteiger partial charge in [-0.2, -0.15) is 0 Å². The SMILES string of the molecule is NC=CCNC(=O)Nc1ccccc1C(N)=O. The normalized spacial score (nSPS) is 10.1. The van der Waals surface area contributed by atoms with Crippen LogP contribution in [0.1, 0.15) is 10.4 Å². The number of carbonyl (C=O) groups excluding carboxylic acids is 2. The molecule has 0 aliphatic rings. The third-order valence-corrected chi connectivity index (χ3v) is 1.96. The minimum atomic E-state index is -0.595. The molecule has 6 N–H and O–H groups in total.